The summed E-state index contributed by atoms with van der Waals surface area (Å²) < 4.78 is 0. The molecule has 3 rings (SSSR count). The van der Waals surface area contributed by atoms with Crippen LogP contribution in [0.4, 0.5) is 10.7 Å². The molecule has 0 fully saturated rings. The number of ketones is 1. The van der Waals surface area contributed by atoms with Crippen LogP contribution in [0.15, 0.2) is 30.3 Å². The Balaban J connectivity index is 1.94. The van der Waals surface area contributed by atoms with Crippen LogP contribution in [0.25, 0.3) is 0 Å². The van der Waals surface area contributed by atoms with Gasteiger partial charge in [0.25, 0.3) is 0 Å². The molecule has 1 aliphatic heterocycles. The van der Waals surface area contributed by atoms with Crippen LogP contribution < -0.4 is 10.6 Å². The van der Waals surface area contributed by atoms with Gasteiger partial charge in [0.15, 0.2) is 5.78 Å². The van der Waals surface area contributed by atoms with Gasteiger partial charge in [-0.15, -0.1) is 11.3 Å². The number of thiophene rings is 1. The first kappa shape index (κ1) is 12.2. The molecule has 2 N–H and O–H groups in total. The number of nitrogens with two attached hydrogens (primary N) is 1. The lowest BCUT2D eigenvalue weighted by Gasteiger charge is -2.29. The molecule has 98 valence electrons. The van der Waals surface area contributed by atoms with Crippen LogP contribution in [-0.2, 0) is 13.0 Å². The van der Waals surface area contributed by atoms with Crippen molar-refractivity contribution in [3.8, 4) is 0 Å². The van der Waals surface area contributed by atoms with E-state index >= 15 is 0 Å². The highest BCUT2D eigenvalue weighted by atomic mass is 32.1. The maximum atomic E-state index is 11.7. The molecule has 1 aromatic heterocycles. The van der Waals surface area contributed by atoms with Crippen LogP contribution in [-0.4, -0.2) is 12.3 Å². The first-order valence-electron chi connectivity index (χ1n) is 6.37. The van der Waals surface area contributed by atoms with E-state index in [0.717, 1.165) is 25.1 Å². The van der Waals surface area contributed by atoms with E-state index in [1.54, 1.807) is 18.3 Å². The van der Waals surface area contributed by atoms with Crippen molar-refractivity contribution in [2.75, 3.05) is 17.2 Å². The smallest absolute Gasteiger partial charge is 0.163 e. The second kappa shape index (κ2) is 4.70. The molecule has 0 radical (unpaired) electrons. The number of nitrogens with zero attached hydrogens (tertiary/aromatic N) is 1. The molecule has 1 aliphatic rings. The average Bonchev–Trinajstić information content (AvgIpc) is 2.74. The fourth-order valence-electron chi connectivity index (χ4n) is 2.67. The quantitative estimate of drug-likeness (QED) is 0.855. The van der Waals surface area contributed by atoms with E-state index in [2.05, 4.69) is 29.2 Å². The minimum atomic E-state index is 0.0863. The van der Waals surface area contributed by atoms with Gasteiger partial charge in [-0.05, 0) is 31.0 Å². The molecule has 0 atom stereocenters. The molecule has 0 saturated heterocycles. The number of carbonyl (C=O) groups is 1. The summed E-state index contributed by atoms with van der Waals surface area (Å²) in [5, 5.41) is 0.674. The highest BCUT2D eigenvalue weighted by Crippen LogP contribution is 2.36. The average molecular weight is 272 g/mol. The predicted octanol–water partition coefficient (Wildman–Crippen LogP) is 3.10. The van der Waals surface area contributed by atoms with E-state index in [4.69, 9.17) is 5.73 Å². The Bertz CT molecular complexity index is 619. The Kier molecular flexibility index (Phi) is 3.03. The van der Waals surface area contributed by atoms with Gasteiger partial charge in [0.05, 0.1) is 17.1 Å². The van der Waals surface area contributed by atoms with E-state index < -0.39 is 0 Å². The Hall–Kier alpha value is -1.81. The fraction of sp³-hybridized carbons (Fsp3) is 0.267. The minimum Gasteiger partial charge on any atom is -0.390 e. The van der Waals surface area contributed by atoms with Gasteiger partial charge in [0, 0.05) is 17.1 Å². The molecule has 4 heteroatoms. The van der Waals surface area contributed by atoms with Crippen molar-refractivity contribution >= 4 is 27.8 Å². The number of anilines is 2. The lowest BCUT2D eigenvalue weighted by Crippen LogP contribution is -2.29. The normalized spacial score (nSPS) is 14.3. The van der Waals surface area contributed by atoms with Gasteiger partial charge in [0.2, 0.25) is 0 Å². The number of hydrogen-bond acceptors (Lipinski definition) is 4. The third kappa shape index (κ3) is 2.12. The SMILES string of the molecule is CC(=O)c1c(N)sc2c1CCN(c1ccccc1)C2. The zero-order valence-electron chi connectivity index (χ0n) is 10.8. The molecule has 1 aromatic carbocycles. The Labute approximate surface area is 116 Å². The Morgan fingerprint density at radius 2 is 2.05 bits per heavy atom. The standard InChI is InChI=1S/C15H16N2OS/c1-10(18)14-12-7-8-17(9-13(12)19-15(14)16)11-5-3-2-4-6-11/h2-6H,7-9,16H2,1H3. The lowest BCUT2D eigenvalue weighted by atomic mass is 10.0. The van der Waals surface area contributed by atoms with Gasteiger partial charge in [-0.3, -0.25) is 4.79 Å². The molecule has 0 spiro atoms. The third-order valence-corrected chi connectivity index (χ3v) is 4.60. The van der Waals surface area contributed by atoms with Gasteiger partial charge < -0.3 is 10.6 Å². The number of para-hydroxylation sites is 1. The Morgan fingerprint density at radius 1 is 1.32 bits per heavy atom. The molecule has 2 heterocycles. The number of fused-ring (bicyclic) bond motifs is 1. The monoisotopic (exact) mass is 272 g/mol. The summed E-state index contributed by atoms with van der Waals surface area (Å²) in [4.78, 5) is 15.2. The van der Waals surface area contributed by atoms with Crippen molar-refractivity contribution in [2.45, 2.75) is 19.9 Å². The van der Waals surface area contributed by atoms with Gasteiger partial charge in [-0.25, -0.2) is 0 Å². The molecule has 0 saturated carbocycles. The second-order valence-corrected chi connectivity index (χ2v) is 5.94. The van der Waals surface area contributed by atoms with Crippen LogP contribution >= 0.6 is 11.3 Å². The number of nitrogen functional groups attached to an aromatic ring is 1. The van der Waals surface area contributed by atoms with Gasteiger partial charge in [-0.2, -0.15) is 0 Å². The van der Waals surface area contributed by atoms with Gasteiger partial charge >= 0.3 is 0 Å². The molecule has 0 aliphatic carbocycles. The van der Waals surface area contributed by atoms with Crippen LogP contribution in [0.2, 0.25) is 0 Å². The lowest BCUT2D eigenvalue weighted by molar-refractivity contribution is 0.101. The molecule has 0 amide bonds. The first-order chi connectivity index (χ1) is 9.16. The second-order valence-electron chi connectivity index (χ2n) is 4.81. The summed E-state index contributed by atoms with van der Waals surface area (Å²) in [5.41, 5.74) is 9.14. The predicted molar refractivity (Wildman–Crippen MR) is 79.9 cm³/mol. The van der Waals surface area contributed by atoms with Crippen LogP contribution in [0.1, 0.15) is 27.7 Å². The number of carbonyl (C=O) groups excluding carboxylic acids is 1. The summed E-state index contributed by atoms with van der Waals surface area (Å²) in [7, 11) is 0. The van der Waals surface area contributed by atoms with Crippen molar-refractivity contribution in [2.24, 2.45) is 0 Å². The maximum absolute atomic E-state index is 11.7. The molecule has 0 bridgehead atoms. The molecule has 2 aromatic rings. The van der Waals surface area contributed by atoms with Crippen molar-refractivity contribution in [3.63, 3.8) is 0 Å². The number of hydrogen-bond donors (Lipinski definition) is 1. The molecular formula is C15H16N2OS. The zero-order valence-corrected chi connectivity index (χ0v) is 11.7. The van der Waals surface area contributed by atoms with Crippen molar-refractivity contribution in [3.05, 3.63) is 46.3 Å². The molecular weight excluding hydrogens is 256 g/mol. The van der Waals surface area contributed by atoms with Crippen molar-refractivity contribution in [1.29, 1.82) is 0 Å². The molecule has 0 unspecified atom stereocenters. The van der Waals surface area contributed by atoms with E-state index in [1.807, 2.05) is 6.07 Å². The van der Waals surface area contributed by atoms with E-state index in [0.29, 0.717) is 5.00 Å². The van der Waals surface area contributed by atoms with Gasteiger partial charge in [-0.1, -0.05) is 18.2 Å². The van der Waals surface area contributed by atoms with Crippen LogP contribution in [0.3, 0.4) is 0 Å². The van der Waals surface area contributed by atoms with Crippen molar-refractivity contribution < 1.29 is 4.79 Å². The number of rotatable bonds is 2. The van der Waals surface area contributed by atoms with Crippen LogP contribution in [0, 0.1) is 0 Å². The molecule has 19 heavy (non-hydrogen) atoms. The minimum absolute atomic E-state index is 0.0863. The highest BCUT2D eigenvalue weighted by Gasteiger charge is 2.25. The van der Waals surface area contributed by atoms with E-state index in [9.17, 15) is 4.79 Å². The summed E-state index contributed by atoms with van der Waals surface area (Å²) in [5.74, 6) is 0.0863. The summed E-state index contributed by atoms with van der Waals surface area (Å²) in [6, 6.07) is 10.4. The molecule has 3 nitrogen and oxygen atoms in total. The van der Waals surface area contributed by atoms with Crippen LogP contribution in [0.5, 0.6) is 0 Å². The highest BCUT2D eigenvalue weighted by molar-refractivity contribution is 7.16. The van der Waals surface area contributed by atoms with E-state index in [-0.39, 0.29) is 5.78 Å². The zero-order chi connectivity index (χ0) is 13.4. The van der Waals surface area contributed by atoms with Crippen molar-refractivity contribution in [1.82, 2.24) is 0 Å². The largest absolute Gasteiger partial charge is 0.390 e. The number of Topliss-reactive ketones (excluding diaryl/α,β-unsaturated/α-hetero) is 1. The topological polar surface area (TPSA) is 46.3 Å². The summed E-state index contributed by atoms with van der Waals surface area (Å²) in [6.07, 6.45) is 0.896. The summed E-state index contributed by atoms with van der Waals surface area (Å²) in [6.45, 7) is 3.39. The summed E-state index contributed by atoms with van der Waals surface area (Å²) >= 11 is 1.56. The fourth-order valence-corrected chi connectivity index (χ4v) is 3.85. The number of benzene rings is 1. The van der Waals surface area contributed by atoms with Gasteiger partial charge in [0.1, 0.15) is 0 Å². The van der Waals surface area contributed by atoms with E-state index in [1.165, 1.54) is 16.1 Å². The maximum Gasteiger partial charge on any atom is 0.163 e. The third-order valence-electron chi connectivity index (χ3n) is 3.56. The first-order valence-corrected chi connectivity index (χ1v) is 7.19. The Morgan fingerprint density at radius 3 is 2.74 bits per heavy atom.